The molecule has 0 saturated heterocycles. The third kappa shape index (κ3) is 5.28. The van der Waals surface area contributed by atoms with Crippen molar-refractivity contribution in [3.63, 3.8) is 0 Å². The van der Waals surface area contributed by atoms with Crippen LogP contribution in [-0.4, -0.2) is 48.9 Å². The summed E-state index contributed by atoms with van der Waals surface area (Å²) in [5, 5.41) is 12.3. The van der Waals surface area contributed by atoms with Gasteiger partial charge in [0.25, 0.3) is 5.91 Å². The minimum atomic E-state index is -1.52. The van der Waals surface area contributed by atoms with E-state index in [1.54, 1.807) is 18.2 Å². The third-order valence-corrected chi connectivity index (χ3v) is 5.74. The van der Waals surface area contributed by atoms with Gasteiger partial charge in [-0.25, -0.2) is 22.5 Å². The Labute approximate surface area is 199 Å². The maximum atomic E-state index is 14.6. The molecule has 0 unspecified atom stereocenters. The molecule has 35 heavy (non-hydrogen) atoms. The molecule has 2 aromatic carbocycles. The molecule has 0 spiro atoms. The van der Waals surface area contributed by atoms with E-state index < -0.39 is 35.3 Å². The topological polar surface area (TPSA) is 74.7 Å². The van der Waals surface area contributed by atoms with E-state index in [1.165, 1.54) is 19.4 Å². The van der Waals surface area contributed by atoms with Gasteiger partial charge in [0, 0.05) is 32.1 Å². The monoisotopic (exact) mass is 489 g/mol. The number of pyridine rings is 1. The highest BCUT2D eigenvalue weighted by Gasteiger charge is 2.29. The third-order valence-electron chi connectivity index (χ3n) is 5.74. The first-order valence-corrected chi connectivity index (χ1v) is 10.9. The molecule has 6 nitrogen and oxygen atoms in total. The molecular weight excluding hydrogens is 466 g/mol. The maximum Gasteiger partial charge on any atom is 0.254 e. The molecule has 0 saturated carbocycles. The molecule has 1 amide bonds. The first-order valence-electron chi connectivity index (χ1n) is 10.9. The Hall–Kier alpha value is -3.50. The second-order valence-corrected chi connectivity index (χ2v) is 8.21. The van der Waals surface area contributed by atoms with E-state index in [-0.39, 0.29) is 30.7 Å². The van der Waals surface area contributed by atoms with Crippen LogP contribution in [0.15, 0.2) is 42.6 Å². The smallest absolute Gasteiger partial charge is 0.254 e. The van der Waals surface area contributed by atoms with Gasteiger partial charge in [-0.15, -0.1) is 0 Å². The summed E-state index contributed by atoms with van der Waals surface area (Å²) in [4.78, 5) is 18.9. The number of nitrogens with zero attached hydrogens (tertiary/aromatic N) is 2. The number of carbonyl (C=O) groups excluding carboxylic acids is 1. The highest BCUT2D eigenvalue weighted by molar-refractivity contribution is 5.98. The minimum absolute atomic E-state index is 0.0304. The van der Waals surface area contributed by atoms with Gasteiger partial charge in [-0.1, -0.05) is 0 Å². The van der Waals surface area contributed by atoms with E-state index in [1.807, 2.05) is 4.90 Å². The number of ether oxygens (including phenoxy) is 1. The number of hydrogen-bond acceptors (Lipinski definition) is 5. The fourth-order valence-corrected chi connectivity index (χ4v) is 4.16. The lowest BCUT2D eigenvalue weighted by Gasteiger charge is -2.20. The van der Waals surface area contributed by atoms with Gasteiger partial charge in [-0.3, -0.25) is 4.79 Å². The maximum absolute atomic E-state index is 14.6. The van der Waals surface area contributed by atoms with E-state index >= 15 is 0 Å². The van der Waals surface area contributed by atoms with E-state index in [2.05, 4.69) is 10.3 Å². The summed E-state index contributed by atoms with van der Waals surface area (Å²) in [6, 6.07) is 8.05. The fraction of sp³-hybridized carbons (Fsp3) is 0.280. The van der Waals surface area contributed by atoms with Crippen LogP contribution >= 0.6 is 0 Å². The first-order chi connectivity index (χ1) is 16.8. The molecule has 2 N–H and O–H groups in total. The quantitative estimate of drug-likeness (QED) is 0.373. The van der Waals surface area contributed by atoms with Gasteiger partial charge < -0.3 is 20.1 Å². The predicted molar refractivity (Wildman–Crippen MR) is 121 cm³/mol. The van der Waals surface area contributed by atoms with Crippen LogP contribution in [0.2, 0.25) is 0 Å². The van der Waals surface area contributed by atoms with Crippen molar-refractivity contribution in [2.75, 3.05) is 31.7 Å². The van der Waals surface area contributed by atoms with E-state index in [9.17, 15) is 27.5 Å². The van der Waals surface area contributed by atoms with Gasteiger partial charge in [-0.2, -0.15) is 0 Å². The molecule has 1 aliphatic heterocycles. The molecule has 2 heterocycles. The fourth-order valence-electron chi connectivity index (χ4n) is 4.16. The Morgan fingerprint density at radius 1 is 1.11 bits per heavy atom. The van der Waals surface area contributed by atoms with Crippen molar-refractivity contribution in [2.24, 2.45) is 0 Å². The molecule has 0 aliphatic carbocycles. The van der Waals surface area contributed by atoms with Crippen LogP contribution in [0.1, 0.15) is 27.0 Å². The van der Waals surface area contributed by atoms with Crippen molar-refractivity contribution in [1.29, 1.82) is 0 Å². The lowest BCUT2D eigenvalue weighted by molar-refractivity contribution is 0.0608. The van der Waals surface area contributed by atoms with Gasteiger partial charge >= 0.3 is 0 Å². The SMILES string of the molecule is COC[C@@H](O)CNC(=O)c1c(F)ccc2c1CCN2c1cc(Cc2cc(F)c(F)c(F)c2)ccn1. The highest BCUT2D eigenvalue weighted by Crippen LogP contribution is 2.37. The number of nitrogens with one attached hydrogen (secondary N) is 1. The Kier molecular flexibility index (Phi) is 7.32. The largest absolute Gasteiger partial charge is 0.389 e. The second kappa shape index (κ2) is 10.4. The minimum Gasteiger partial charge on any atom is -0.389 e. The molecular formula is C25H23F4N3O3. The van der Waals surface area contributed by atoms with Crippen LogP contribution < -0.4 is 10.2 Å². The summed E-state index contributed by atoms with van der Waals surface area (Å²) in [6.45, 7) is 0.373. The standard InChI is InChI=1S/C25H23F4N3O3/c1-35-13-16(33)12-31-25(34)23-17-5-7-32(21(17)3-2-18(23)26)22-11-14(4-6-30-22)8-15-9-19(27)24(29)20(28)10-15/h2-4,6,9-11,16,33H,5,7-8,12-13H2,1H3,(H,31,34)/t16-/m0/s1. The van der Waals surface area contributed by atoms with Crippen molar-refractivity contribution in [2.45, 2.75) is 18.9 Å². The number of halogens is 4. The summed E-state index contributed by atoms with van der Waals surface area (Å²) >= 11 is 0. The van der Waals surface area contributed by atoms with Gasteiger partial charge in [-0.05, 0) is 65.9 Å². The zero-order chi connectivity index (χ0) is 25.1. The van der Waals surface area contributed by atoms with Crippen LogP contribution in [0, 0.1) is 23.3 Å². The van der Waals surface area contributed by atoms with Crippen molar-refractivity contribution < 1.29 is 32.2 Å². The molecule has 184 valence electrons. The molecule has 1 aliphatic rings. The van der Waals surface area contributed by atoms with Gasteiger partial charge in [0.05, 0.1) is 18.3 Å². The summed E-state index contributed by atoms with van der Waals surface area (Å²) in [7, 11) is 1.42. The lowest BCUT2D eigenvalue weighted by Crippen LogP contribution is -2.35. The van der Waals surface area contributed by atoms with Crippen molar-refractivity contribution in [1.82, 2.24) is 10.3 Å². The number of amides is 1. The van der Waals surface area contributed by atoms with Gasteiger partial charge in [0.2, 0.25) is 0 Å². The van der Waals surface area contributed by atoms with Crippen LogP contribution in [0.5, 0.6) is 0 Å². The summed E-state index contributed by atoms with van der Waals surface area (Å²) < 4.78 is 59.9. The predicted octanol–water partition coefficient (Wildman–Crippen LogP) is 3.66. The summed E-state index contributed by atoms with van der Waals surface area (Å²) in [5.41, 5.74) is 1.97. The number of aliphatic hydroxyl groups is 1. The van der Waals surface area contributed by atoms with Crippen LogP contribution in [-0.2, 0) is 17.6 Å². The molecule has 0 fully saturated rings. The zero-order valence-corrected chi connectivity index (χ0v) is 18.8. The number of methoxy groups -OCH3 is 1. The van der Waals surface area contributed by atoms with Crippen molar-refractivity contribution in [3.8, 4) is 0 Å². The van der Waals surface area contributed by atoms with Gasteiger partial charge in [0.1, 0.15) is 11.6 Å². The molecule has 10 heteroatoms. The molecule has 3 aromatic rings. The zero-order valence-electron chi connectivity index (χ0n) is 18.8. The number of rotatable bonds is 8. The number of carbonyl (C=O) groups is 1. The van der Waals surface area contributed by atoms with Gasteiger partial charge in [0.15, 0.2) is 17.5 Å². The Morgan fingerprint density at radius 2 is 1.86 bits per heavy atom. The second-order valence-electron chi connectivity index (χ2n) is 8.21. The van der Waals surface area contributed by atoms with E-state index in [0.29, 0.717) is 35.6 Å². The lowest BCUT2D eigenvalue weighted by atomic mass is 10.0. The highest BCUT2D eigenvalue weighted by atomic mass is 19.2. The Bertz CT molecular complexity index is 1230. The van der Waals surface area contributed by atoms with Crippen LogP contribution in [0.3, 0.4) is 0 Å². The van der Waals surface area contributed by atoms with Crippen molar-refractivity contribution in [3.05, 3.63) is 88.1 Å². The average Bonchev–Trinajstić information content (AvgIpc) is 3.25. The molecule has 1 atom stereocenters. The normalized spacial score (nSPS) is 13.6. The number of anilines is 2. The van der Waals surface area contributed by atoms with E-state index in [4.69, 9.17) is 4.74 Å². The van der Waals surface area contributed by atoms with Crippen LogP contribution in [0.4, 0.5) is 29.1 Å². The molecule has 4 rings (SSSR count). The number of hydrogen-bond donors (Lipinski definition) is 2. The molecule has 0 radical (unpaired) electrons. The van der Waals surface area contributed by atoms with E-state index in [0.717, 1.165) is 12.1 Å². The first kappa shape index (κ1) is 24.6. The van der Waals surface area contributed by atoms with Crippen molar-refractivity contribution >= 4 is 17.4 Å². The Morgan fingerprint density at radius 3 is 2.57 bits per heavy atom. The number of aliphatic hydroxyl groups excluding tert-OH is 1. The number of fused-ring (bicyclic) bond motifs is 1. The molecule has 1 aromatic heterocycles. The summed E-state index contributed by atoms with van der Waals surface area (Å²) in [6.07, 6.45) is 1.14. The average molecular weight is 489 g/mol. The number of benzene rings is 2. The molecule has 0 bridgehead atoms. The summed E-state index contributed by atoms with van der Waals surface area (Å²) in [5.74, 6) is -4.84. The van der Waals surface area contributed by atoms with Crippen LogP contribution in [0.25, 0.3) is 0 Å². The number of aromatic nitrogens is 1. The Balaban J connectivity index is 1.57.